The summed E-state index contributed by atoms with van der Waals surface area (Å²) in [6.45, 7) is 8.72. The molecule has 0 spiro atoms. The van der Waals surface area contributed by atoms with E-state index >= 15 is 0 Å². The average Bonchev–Trinajstić information content (AvgIpc) is 2.15. The van der Waals surface area contributed by atoms with Gasteiger partial charge in [-0.3, -0.25) is 0 Å². The summed E-state index contributed by atoms with van der Waals surface area (Å²) in [6.07, 6.45) is 0.557. The fourth-order valence-electron chi connectivity index (χ4n) is 1.11. The molecule has 2 unspecified atom stereocenters. The summed E-state index contributed by atoms with van der Waals surface area (Å²) >= 11 is 0. The molecule has 0 aromatic rings. The summed E-state index contributed by atoms with van der Waals surface area (Å²) < 4.78 is 26.1. The fraction of sp³-hybridized carbons (Fsp3) is 1.00. The lowest BCUT2D eigenvalue weighted by molar-refractivity contribution is 0.413. The number of nitrogens with one attached hydrogen (secondary N) is 1. The van der Waals surface area contributed by atoms with E-state index in [2.05, 4.69) is 18.6 Å². The SMILES string of the molecule is CCC(CN)S(=O)(=O)NCC(C)C(C)C. The molecule has 2 atom stereocenters. The number of hydrogen-bond donors (Lipinski definition) is 2. The van der Waals surface area contributed by atoms with Crippen LogP contribution in [0.15, 0.2) is 0 Å². The molecule has 0 aromatic heterocycles. The Bertz CT molecular complexity index is 259. The molecule has 0 rings (SSSR count). The van der Waals surface area contributed by atoms with Crippen LogP contribution in [0.25, 0.3) is 0 Å². The van der Waals surface area contributed by atoms with Crippen LogP contribution in [0.4, 0.5) is 0 Å². The van der Waals surface area contributed by atoms with Gasteiger partial charge in [0.1, 0.15) is 0 Å². The van der Waals surface area contributed by atoms with Crippen LogP contribution >= 0.6 is 0 Å². The van der Waals surface area contributed by atoms with Crippen LogP contribution in [0.2, 0.25) is 0 Å². The van der Waals surface area contributed by atoms with Crippen molar-refractivity contribution in [3.63, 3.8) is 0 Å². The van der Waals surface area contributed by atoms with Crippen molar-refractivity contribution in [2.45, 2.75) is 39.4 Å². The van der Waals surface area contributed by atoms with Gasteiger partial charge in [0.25, 0.3) is 0 Å². The first kappa shape index (κ1) is 14.9. The second-order valence-corrected chi connectivity index (χ2v) is 6.43. The number of rotatable bonds is 7. The lowest BCUT2D eigenvalue weighted by atomic mass is 9.99. The van der Waals surface area contributed by atoms with E-state index in [0.29, 0.717) is 24.8 Å². The van der Waals surface area contributed by atoms with Gasteiger partial charge in [0.15, 0.2) is 0 Å². The molecular formula is C10H24N2O2S. The number of sulfonamides is 1. The Balaban J connectivity index is 4.27. The molecule has 0 aliphatic heterocycles. The number of nitrogens with two attached hydrogens (primary N) is 1. The largest absolute Gasteiger partial charge is 0.329 e. The summed E-state index contributed by atoms with van der Waals surface area (Å²) in [5.74, 6) is 0.820. The fourth-order valence-corrected chi connectivity index (χ4v) is 2.54. The monoisotopic (exact) mass is 236 g/mol. The van der Waals surface area contributed by atoms with Crippen molar-refractivity contribution in [2.75, 3.05) is 13.1 Å². The Morgan fingerprint density at radius 3 is 2.13 bits per heavy atom. The van der Waals surface area contributed by atoms with Crippen molar-refractivity contribution in [3.8, 4) is 0 Å². The standard InChI is InChI=1S/C10H24N2O2S/c1-5-10(6-11)15(13,14)12-7-9(4)8(2)3/h8-10,12H,5-7,11H2,1-4H3. The topological polar surface area (TPSA) is 72.2 Å². The van der Waals surface area contributed by atoms with Gasteiger partial charge < -0.3 is 5.73 Å². The van der Waals surface area contributed by atoms with Crippen LogP contribution in [0.3, 0.4) is 0 Å². The average molecular weight is 236 g/mol. The Morgan fingerprint density at radius 2 is 1.80 bits per heavy atom. The summed E-state index contributed by atoms with van der Waals surface area (Å²) in [7, 11) is -3.23. The van der Waals surface area contributed by atoms with Crippen LogP contribution in [0, 0.1) is 11.8 Å². The Labute approximate surface area is 93.7 Å². The Morgan fingerprint density at radius 1 is 1.27 bits per heavy atom. The van der Waals surface area contributed by atoms with E-state index in [1.807, 2.05) is 13.8 Å². The van der Waals surface area contributed by atoms with E-state index in [1.165, 1.54) is 0 Å². The molecule has 5 heteroatoms. The molecule has 0 saturated heterocycles. The van der Waals surface area contributed by atoms with Crippen LogP contribution in [-0.4, -0.2) is 26.8 Å². The van der Waals surface area contributed by atoms with Crippen LogP contribution < -0.4 is 10.5 Å². The Kier molecular flexibility index (Phi) is 6.40. The zero-order valence-electron chi connectivity index (χ0n) is 10.2. The lowest BCUT2D eigenvalue weighted by Crippen LogP contribution is -2.40. The smallest absolute Gasteiger partial charge is 0.215 e. The van der Waals surface area contributed by atoms with Gasteiger partial charge in [-0.2, -0.15) is 0 Å². The molecular weight excluding hydrogens is 212 g/mol. The highest BCUT2D eigenvalue weighted by atomic mass is 32.2. The molecule has 92 valence electrons. The molecule has 15 heavy (non-hydrogen) atoms. The van der Waals surface area contributed by atoms with E-state index in [1.54, 1.807) is 0 Å². The predicted octanol–water partition coefficient (Wildman–Crippen LogP) is 0.935. The van der Waals surface area contributed by atoms with Crippen LogP contribution in [-0.2, 0) is 10.0 Å². The minimum Gasteiger partial charge on any atom is -0.329 e. The van der Waals surface area contributed by atoms with Crippen molar-refractivity contribution in [1.29, 1.82) is 0 Å². The molecule has 4 nitrogen and oxygen atoms in total. The van der Waals surface area contributed by atoms with Crippen molar-refractivity contribution in [2.24, 2.45) is 17.6 Å². The van der Waals surface area contributed by atoms with Crippen molar-refractivity contribution in [1.82, 2.24) is 4.72 Å². The maximum Gasteiger partial charge on any atom is 0.215 e. The maximum atomic E-state index is 11.7. The van der Waals surface area contributed by atoms with Crippen molar-refractivity contribution >= 4 is 10.0 Å². The van der Waals surface area contributed by atoms with E-state index in [-0.39, 0.29) is 6.54 Å². The minimum atomic E-state index is -3.23. The maximum absolute atomic E-state index is 11.7. The summed E-state index contributed by atoms with van der Waals surface area (Å²) in [5, 5.41) is -0.461. The zero-order valence-corrected chi connectivity index (χ0v) is 11.0. The molecule has 0 aromatic carbocycles. The van der Waals surface area contributed by atoms with Gasteiger partial charge in [-0.25, -0.2) is 13.1 Å². The molecule has 0 radical (unpaired) electrons. The second kappa shape index (κ2) is 6.45. The molecule has 0 bridgehead atoms. The quantitative estimate of drug-likeness (QED) is 0.691. The highest BCUT2D eigenvalue weighted by molar-refractivity contribution is 7.90. The first-order chi connectivity index (χ1) is 6.85. The molecule has 0 aliphatic rings. The van der Waals surface area contributed by atoms with Crippen LogP contribution in [0.1, 0.15) is 34.1 Å². The van der Waals surface area contributed by atoms with Gasteiger partial charge >= 0.3 is 0 Å². The van der Waals surface area contributed by atoms with Gasteiger partial charge in [-0.05, 0) is 18.3 Å². The third kappa shape index (κ3) is 4.95. The van der Waals surface area contributed by atoms with Gasteiger partial charge in [-0.1, -0.05) is 27.7 Å². The van der Waals surface area contributed by atoms with E-state index < -0.39 is 15.3 Å². The third-order valence-electron chi connectivity index (χ3n) is 2.90. The molecule has 0 saturated carbocycles. The first-order valence-corrected chi connectivity index (χ1v) is 7.08. The number of hydrogen-bond acceptors (Lipinski definition) is 3. The van der Waals surface area contributed by atoms with Gasteiger partial charge in [0, 0.05) is 13.1 Å². The predicted molar refractivity (Wildman–Crippen MR) is 64.1 cm³/mol. The molecule has 0 aliphatic carbocycles. The van der Waals surface area contributed by atoms with E-state index in [4.69, 9.17) is 5.73 Å². The lowest BCUT2D eigenvalue weighted by Gasteiger charge is -2.19. The van der Waals surface area contributed by atoms with Crippen molar-refractivity contribution in [3.05, 3.63) is 0 Å². The van der Waals surface area contributed by atoms with Gasteiger partial charge in [0.05, 0.1) is 5.25 Å². The zero-order chi connectivity index (χ0) is 12.1. The summed E-state index contributed by atoms with van der Waals surface area (Å²) in [5.41, 5.74) is 5.42. The molecule has 3 N–H and O–H groups in total. The molecule has 0 heterocycles. The highest BCUT2D eigenvalue weighted by Gasteiger charge is 2.22. The van der Waals surface area contributed by atoms with E-state index in [9.17, 15) is 8.42 Å². The molecule has 0 fully saturated rings. The van der Waals surface area contributed by atoms with Crippen LogP contribution in [0.5, 0.6) is 0 Å². The van der Waals surface area contributed by atoms with Gasteiger partial charge in [-0.15, -0.1) is 0 Å². The third-order valence-corrected chi connectivity index (χ3v) is 4.87. The minimum absolute atomic E-state index is 0.182. The molecule has 0 amide bonds. The first-order valence-electron chi connectivity index (χ1n) is 5.53. The summed E-state index contributed by atoms with van der Waals surface area (Å²) in [4.78, 5) is 0. The second-order valence-electron chi connectivity index (χ2n) is 4.38. The van der Waals surface area contributed by atoms with E-state index in [0.717, 1.165) is 0 Å². The summed E-state index contributed by atoms with van der Waals surface area (Å²) in [6, 6.07) is 0. The normalized spacial score (nSPS) is 16.7. The van der Waals surface area contributed by atoms with Crippen molar-refractivity contribution < 1.29 is 8.42 Å². The Hall–Kier alpha value is -0.130. The van der Waals surface area contributed by atoms with Gasteiger partial charge in [0.2, 0.25) is 10.0 Å². The highest BCUT2D eigenvalue weighted by Crippen LogP contribution is 2.09.